The summed E-state index contributed by atoms with van der Waals surface area (Å²) in [4.78, 5) is 8.79. The predicted octanol–water partition coefficient (Wildman–Crippen LogP) is 3.98. The Balaban J connectivity index is 0.00000150. The molecule has 2 aliphatic rings. The second-order valence-corrected chi connectivity index (χ2v) is 6.54. The topological polar surface area (TPSA) is 71.4 Å². The molecule has 29 heavy (non-hydrogen) atoms. The molecule has 0 spiro atoms. The monoisotopic (exact) mass is 540 g/mol. The number of nitrogens with zero attached hydrogens (tertiary/aromatic N) is 4. The van der Waals surface area contributed by atoms with Crippen LogP contribution in [0.4, 0.5) is 0 Å². The standard InChI is InChI=1S/C21H22N4O2.2Y/c1-14-11-16(20-22-7-8-23-20)3-5-18(14)26-13-27-19-6-4-17(12-15(19)2)21-24-9-10-25-21;;/h3-6,11-12H,7-10,13H2,1-2H3;;/q-2;;. The van der Waals surface area contributed by atoms with Gasteiger partial charge in [-0.3, -0.25) is 0 Å². The number of hydrogen-bond donors (Lipinski definition) is 0. The van der Waals surface area contributed by atoms with Gasteiger partial charge >= 0.3 is 0 Å². The maximum atomic E-state index is 5.81. The number of aliphatic imine (C=N–C) groups is 2. The van der Waals surface area contributed by atoms with Crippen LogP contribution >= 0.6 is 0 Å². The molecule has 0 N–H and O–H groups in total. The molecule has 0 bridgehead atoms. The number of benzene rings is 2. The van der Waals surface area contributed by atoms with E-state index in [9.17, 15) is 0 Å². The Morgan fingerprint density at radius 3 is 1.55 bits per heavy atom. The van der Waals surface area contributed by atoms with Crippen molar-refractivity contribution < 1.29 is 74.9 Å². The third kappa shape index (κ3) is 6.10. The van der Waals surface area contributed by atoms with Crippen molar-refractivity contribution in [3.05, 3.63) is 69.3 Å². The van der Waals surface area contributed by atoms with Gasteiger partial charge in [0.25, 0.3) is 0 Å². The zero-order valence-corrected chi connectivity index (χ0v) is 22.4. The van der Waals surface area contributed by atoms with Crippen LogP contribution in [0.1, 0.15) is 22.3 Å². The van der Waals surface area contributed by atoms with Gasteiger partial charge in [-0.15, -0.1) is 0 Å². The summed E-state index contributed by atoms with van der Waals surface area (Å²) in [7, 11) is 0. The van der Waals surface area contributed by atoms with Crippen LogP contribution in [0.5, 0.6) is 11.5 Å². The molecule has 0 unspecified atom stereocenters. The Hall–Kier alpha value is -0.812. The van der Waals surface area contributed by atoms with E-state index >= 15 is 0 Å². The summed E-state index contributed by atoms with van der Waals surface area (Å²) in [6.45, 7) is 7.29. The van der Waals surface area contributed by atoms with Gasteiger partial charge in [0.15, 0.2) is 0 Å². The minimum Gasteiger partial charge on any atom is -0.465 e. The molecule has 0 saturated heterocycles. The molecule has 8 heteroatoms. The van der Waals surface area contributed by atoms with E-state index in [0.717, 1.165) is 71.6 Å². The van der Waals surface area contributed by atoms with Gasteiger partial charge in [0.2, 0.25) is 6.79 Å². The number of ether oxygens (including phenoxy) is 2. The van der Waals surface area contributed by atoms with E-state index < -0.39 is 0 Å². The van der Waals surface area contributed by atoms with Gasteiger partial charge < -0.3 is 30.1 Å². The zero-order valence-electron chi connectivity index (χ0n) is 16.8. The van der Waals surface area contributed by atoms with Gasteiger partial charge in [0.1, 0.15) is 11.5 Å². The van der Waals surface area contributed by atoms with Crippen LogP contribution in [0.25, 0.3) is 10.6 Å². The van der Waals surface area contributed by atoms with Crippen molar-refractivity contribution in [2.75, 3.05) is 33.0 Å². The molecule has 0 fully saturated rings. The van der Waals surface area contributed by atoms with E-state index in [1.807, 2.05) is 38.1 Å². The molecule has 0 saturated carbocycles. The van der Waals surface area contributed by atoms with E-state index in [2.05, 4.69) is 32.8 Å². The molecular weight excluding hydrogens is 518 g/mol. The Labute approximate surface area is 222 Å². The Bertz CT molecular complexity index is 842. The largest absolute Gasteiger partial charge is 0.465 e. The van der Waals surface area contributed by atoms with Crippen LogP contribution in [0.15, 0.2) is 46.4 Å². The van der Waals surface area contributed by atoms with Gasteiger partial charge in [-0.05, 0) is 60.4 Å². The molecule has 0 amide bonds. The molecule has 2 radical (unpaired) electrons. The molecule has 2 aromatic carbocycles. The first-order valence-electron chi connectivity index (χ1n) is 9.12. The minimum atomic E-state index is 0. The minimum absolute atomic E-state index is 0. The van der Waals surface area contributed by atoms with Crippen LogP contribution in [0, 0.1) is 13.8 Å². The zero-order chi connectivity index (χ0) is 18.6. The van der Waals surface area contributed by atoms with Crippen molar-refractivity contribution in [1.29, 1.82) is 0 Å². The number of aryl methyl sites for hydroxylation is 2. The Morgan fingerprint density at radius 1 is 0.759 bits per heavy atom. The van der Waals surface area contributed by atoms with Crippen molar-refractivity contribution in [2.45, 2.75) is 13.8 Å². The van der Waals surface area contributed by atoms with Crippen LogP contribution < -0.4 is 9.47 Å². The summed E-state index contributed by atoms with van der Waals surface area (Å²) in [5, 5.41) is 8.79. The quantitative estimate of drug-likeness (QED) is 0.521. The maximum absolute atomic E-state index is 5.81. The van der Waals surface area contributed by atoms with Gasteiger partial charge in [-0.25, -0.2) is 0 Å². The summed E-state index contributed by atoms with van der Waals surface area (Å²) in [6, 6.07) is 12.0. The van der Waals surface area contributed by atoms with Crippen LogP contribution in [-0.4, -0.2) is 44.6 Å². The fraction of sp³-hybridized carbons (Fsp3) is 0.333. The van der Waals surface area contributed by atoms with Crippen molar-refractivity contribution in [3.63, 3.8) is 0 Å². The molecule has 2 aromatic rings. The molecule has 4 rings (SSSR count). The first-order valence-corrected chi connectivity index (χ1v) is 9.12. The number of hydrogen-bond acceptors (Lipinski definition) is 4. The van der Waals surface area contributed by atoms with Gasteiger partial charge in [-0.1, -0.05) is 50.0 Å². The fourth-order valence-corrected chi connectivity index (χ4v) is 3.15. The molecule has 146 valence electrons. The second-order valence-electron chi connectivity index (χ2n) is 6.54. The van der Waals surface area contributed by atoms with Crippen molar-refractivity contribution >= 4 is 11.7 Å². The van der Waals surface area contributed by atoms with Crippen LogP contribution in [0.3, 0.4) is 0 Å². The summed E-state index contributed by atoms with van der Waals surface area (Å²) in [5.41, 5.74) is 4.14. The fourth-order valence-electron chi connectivity index (χ4n) is 3.15. The van der Waals surface area contributed by atoms with Gasteiger partial charge in [0, 0.05) is 65.4 Å². The molecule has 2 heterocycles. The van der Waals surface area contributed by atoms with Crippen LogP contribution in [0.2, 0.25) is 0 Å². The molecule has 6 nitrogen and oxygen atoms in total. The summed E-state index contributed by atoms with van der Waals surface area (Å²) >= 11 is 0. The SMILES string of the molecule is Cc1cc(C2=NCC[N-]2)ccc1OCOc1ccc(C2=NCC[N-]2)cc1C.[Y].[Y]. The molecular formula is C21H22N4O2Y2-2. The number of amidine groups is 2. The molecule has 2 aliphatic heterocycles. The van der Waals surface area contributed by atoms with E-state index in [1.165, 1.54) is 0 Å². The molecule has 0 aliphatic carbocycles. The van der Waals surface area contributed by atoms with Gasteiger partial charge in [0.05, 0.1) is 0 Å². The average Bonchev–Trinajstić information content (AvgIpc) is 3.38. The predicted molar refractivity (Wildman–Crippen MR) is 108 cm³/mol. The summed E-state index contributed by atoms with van der Waals surface area (Å²) < 4.78 is 11.6. The first kappa shape index (κ1) is 24.5. The van der Waals surface area contributed by atoms with E-state index in [-0.39, 0.29) is 72.2 Å². The van der Waals surface area contributed by atoms with Crippen molar-refractivity contribution in [2.24, 2.45) is 9.98 Å². The van der Waals surface area contributed by atoms with Crippen molar-refractivity contribution in [3.8, 4) is 11.5 Å². The van der Waals surface area contributed by atoms with Gasteiger partial charge in [-0.2, -0.15) is 0 Å². The van der Waals surface area contributed by atoms with E-state index in [0.29, 0.717) is 0 Å². The Morgan fingerprint density at radius 2 is 1.21 bits per heavy atom. The molecule has 0 atom stereocenters. The van der Waals surface area contributed by atoms with Crippen LogP contribution in [-0.2, 0) is 65.4 Å². The first-order chi connectivity index (χ1) is 13.2. The summed E-state index contributed by atoms with van der Waals surface area (Å²) in [5.74, 6) is 3.25. The number of rotatable bonds is 6. The Kier molecular flexibility index (Phi) is 9.74. The van der Waals surface area contributed by atoms with E-state index in [4.69, 9.17) is 9.47 Å². The van der Waals surface area contributed by atoms with E-state index in [1.54, 1.807) is 0 Å². The smallest absolute Gasteiger partial charge is 0.230 e. The molecule has 0 aromatic heterocycles. The average molecular weight is 540 g/mol. The summed E-state index contributed by atoms with van der Waals surface area (Å²) in [6.07, 6.45) is 0. The maximum Gasteiger partial charge on any atom is 0.230 e. The third-order valence-electron chi connectivity index (χ3n) is 4.54. The second kappa shape index (κ2) is 11.5. The van der Waals surface area contributed by atoms with Crippen molar-refractivity contribution in [1.82, 2.24) is 0 Å². The third-order valence-corrected chi connectivity index (χ3v) is 4.54. The normalized spacial score (nSPS) is 14.6.